The topological polar surface area (TPSA) is 98.0 Å². The average molecular weight is 243 g/mol. The van der Waals surface area contributed by atoms with Gasteiger partial charge in [0.1, 0.15) is 0 Å². The quantitative estimate of drug-likeness (QED) is 0.335. The molecule has 0 aliphatic rings. The number of nitrogens with zero attached hydrogens (tertiary/aromatic N) is 2. The largest absolute Gasteiger partial charge is 0.350 e. The van der Waals surface area contributed by atoms with Crippen LogP contribution in [0.3, 0.4) is 0 Å². The molecule has 1 aromatic heterocycles. The van der Waals surface area contributed by atoms with Gasteiger partial charge in [-0.2, -0.15) is 12.6 Å². The van der Waals surface area contributed by atoms with Crippen LogP contribution in [0.2, 0.25) is 0 Å². The smallest absolute Gasteiger partial charge is 0.290 e. The Morgan fingerprint density at radius 1 is 1.62 bits per heavy atom. The van der Waals surface area contributed by atoms with E-state index in [-0.39, 0.29) is 6.54 Å². The van der Waals surface area contributed by atoms with E-state index < -0.39 is 21.9 Å². The zero-order valence-electron chi connectivity index (χ0n) is 8.17. The van der Waals surface area contributed by atoms with Gasteiger partial charge in [-0.15, -0.1) is 0 Å². The Morgan fingerprint density at radius 3 is 2.75 bits per heavy atom. The maximum Gasteiger partial charge on any atom is 0.350 e. The van der Waals surface area contributed by atoms with Gasteiger partial charge in [0.15, 0.2) is 0 Å². The summed E-state index contributed by atoms with van der Waals surface area (Å²) in [6.45, 7) is 3.69. The van der Waals surface area contributed by atoms with Crippen LogP contribution in [0.25, 0.3) is 0 Å². The molecule has 86 valence electrons. The van der Waals surface area contributed by atoms with Crippen LogP contribution in [0.15, 0.2) is 27.9 Å². The number of hydrogen-bond donors (Lipinski definition) is 2. The molecule has 0 atom stereocenters. The van der Waals surface area contributed by atoms with Crippen LogP contribution in [0.1, 0.15) is 0 Å². The number of H-pyrrole nitrogens is 1. The summed E-state index contributed by atoms with van der Waals surface area (Å²) in [5.41, 5.74) is -1.79. The Hall–Kier alpha value is -1.83. The van der Waals surface area contributed by atoms with Crippen molar-refractivity contribution in [2.45, 2.75) is 6.54 Å². The molecule has 0 saturated carbocycles. The lowest BCUT2D eigenvalue weighted by Crippen LogP contribution is -2.31. The van der Waals surface area contributed by atoms with Gasteiger partial charge in [0, 0.05) is 12.3 Å². The molecule has 1 aromatic rings. The Labute approximate surface area is 95.0 Å². The maximum absolute atomic E-state index is 11.3. The molecule has 0 amide bonds. The summed E-state index contributed by atoms with van der Waals surface area (Å²) in [4.78, 5) is 33.8. The van der Waals surface area contributed by atoms with Crippen LogP contribution < -0.4 is 11.2 Å². The molecular weight excluding hydrogens is 234 g/mol. The number of hydrogen-bond acceptors (Lipinski definition) is 5. The van der Waals surface area contributed by atoms with Gasteiger partial charge in [-0.25, -0.2) is 4.79 Å². The van der Waals surface area contributed by atoms with E-state index in [1.165, 1.54) is 0 Å². The molecule has 0 fully saturated rings. The molecule has 0 aliphatic carbocycles. The van der Waals surface area contributed by atoms with E-state index >= 15 is 0 Å². The normalized spacial score (nSPS) is 10.1. The summed E-state index contributed by atoms with van der Waals surface area (Å²) < 4.78 is 1.01. The summed E-state index contributed by atoms with van der Waals surface area (Å²) in [5, 5.41) is 10.5. The minimum absolute atomic E-state index is 0.0833. The van der Waals surface area contributed by atoms with E-state index in [0.29, 0.717) is 11.3 Å². The van der Waals surface area contributed by atoms with Gasteiger partial charge < -0.3 is 0 Å². The van der Waals surface area contributed by atoms with E-state index in [1.54, 1.807) is 0 Å². The molecule has 0 spiro atoms. The van der Waals surface area contributed by atoms with Crippen LogP contribution >= 0.6 is 12.6 Å². The zero-order chi connectivity index (χ0) is 12.3. The summed E-state index contributed by atoms with van der Waals surface area (Å²) in [6, 6.07) is 0. The highest BCUT2D eigenvalue weighted by Crippen LogP contribution is 2.02. The molecule has 0 aromatic carbocycles. The number of thiol groups is 1. The number of nitrogens with one attached hydrogen (secondary N) is 1. The van der Waals surface area contributed by atoms with Crippen LogP contribution in [0, 0.1) is 10.1 Å². The van der Waals surface area contributed by atoms with Crippen molar-refractivity contribution in [3.63, 3.8) is 0 Å². The van der Waals surface area contributed by atoms with Crippen molar-refractivity contribution < 1.29 is 4.92 Å². The average Bonchev–Trinajstić information content (AvgIpc) is 2.21. The molecule has 1 rings (SSSR count). The molecule has 16 heavy (non-hydrogen) atoms. The predicted molar refractivity (Wildman–Crippen MR) is 61.0 cm³/mol. The number of aromatic nitrogens is 2. The Balaban J connectivity index is 3.25. The fraction of sp³-hybridized carbons (Fsp3) is 0.250. The van der Waals surface area contributed by atoms with E-state index in [4.69, 9.17) is 0 Å². The molecule has 7 nitrogen and oxygen atoms in total. The molecule has 1 heterocycles. The summed E-state index contributed by atoms with van der Waals surface area (Å²) in [6.07, 6.45) is 0.899. The predicted octanol–water partition coefficient (Wildman–Crippen LogP) is -0.0692. The fourth-order valence-corrected chi connectivity index (χ4v) is 1.14. The first-order valence-corrected chi connectivity index (χ1v) is 4.84. The number of aromatic amines is 1. The van der Waals surface area contributed by atoms with Crippen LogP contribution in [-0.2, 0) is 6.54 Å². The van der Waals surface area contributed by atoms with Gasteiger partial charge in [-0.1, -0.05) is 6.58 Å². The second-order valence-electron chi connectivity index (χ2n) is 3.07. The van der Waals surface area contributed by atoms with Gasteiger partial charge in [0.2, 0.25) is 0 Å². The van der Waals surface area contributed by atoms with E-state index in [1.807, 2.05) is 4.98 Å². The third kappa shape index (κ3) is 2.60. The highest BCUT2D eigenvalue weighted by Gasteiger charge is 2.14. The Bertz CT molecular complexity index is 545. The van der Waals surface area contributed by atoms with Crippen molar-refractivity contribution in [3.8, 4) is 0 Å². The van der Waals surface area contributed by atoms with Gasteiger partial charge in [-0.05, 0) is 5.57 Å². The molecular formula is C8H9N3O4S. The van der Waals surface area contributed by atoms with Gasteiger partial charge in [-0.3, -0.25) is 24.5 Å². The van der Waals surface area contributed by atoms with Crippen molar-refractivity contribution in [1.29, 1.82) is 0 Å². The molecule has 0 bridgehead atoms. The van der Waals surface area contributed by atoms with Gasteiger partial charge in [0.25, 0.3) is 0 Å². The molecule has 1 N–H and O–H groups in total. The highest BCUT2D eigenvalue weighted by molar-refractivity contribution is 7.80. The lowest BCUT2D eigenvalue weighted by atomic mass is 10.3. The molecule has 0 unspecified atom stereocenters. The second kappa shape index (κ2) is 4.79. The minimum atomic E-state index is -1.01. The maximum atomic E-state index is 11.3. The number of nitro groups is 1. The van der Waals surface area contributed by atoms with Crippen molar-refractivity contribution >= 4 is 18.3 Å². The Kier molecular flexibility index (Phi) is 3.67. The third-order valence-electron chi connectivity index (χ3n) is 1.81. The molecule has 0 radical (unpaired) electrons. The lowest BCUT2D eigenvalue weighted by molar-refractivity contribution is -0.386. The standard InChI is InChI=1S/C8H9N3O4S/c1-5(4-16)2-10-3-6(11(14)15)7(12)9-8(10)13/h3,16H,1-2,4H2,(H,9,12,13). The SMILES string of the molecule is C=C(CS)Cn1cc([N+](=O)[O-])c(=O)[nH]c1=O. The minimum Gasteiger partial charge on any atom is -0.290 e. The first-order chi connectivity index (χ1) is 7.45. The van der Waals surface area contributed by atoms with Gasteiger partial charge >= 0.3 is 16.9 Å². The van der Waals surface area contributed by atoms with Crippen LogP contribution in [0.5, 0.6) is 0 Å². The molecule has 0 saturated heterocycles. The zero-order valence-corrected chi connectivity index (χ0v) is 9.07. The summed E-state index contributed by atoms with van der Waals surface area (Å²) in [7, 11) is 0. The summed E-state index contributed by atoms with van der Waals surface area (Å²) >= 11 is 3.95. The monoisotopic (exact) mass is 243 g/mol. The number of rotatable bonds is 4. The van der Waals surface area contributed by atoms with E-state index in [9.17, 15) is 19.7 Å². The fourth-order valence-electron chi connectivity index (χ4n) is 1.04. The lowest BCUT2D eigenvalue weighted by Gasteiger charge is -2.04. The van der Waals surface area contributed by atoms with Crippen molar-refractivity contribution in [2.75, 3.05) is 5.75 Å². The first kappa shape index (κ1) is 12.2. The van der Waals surface area contributed by atoms with Crippen molar-refractivity contribution in [2.24, 2.45) is 0 Å². The first-order valence-electron chi connectivity index (χ1n) is 4.21. The molecule has 0 aliphatic heterocycles. The van der Waals surface area contributed by atoms with E-state index in [2.05, 4.69) is 19.2 Å². The third-order valence-corrected chi connectivity index (χ3v) is 2.25. The van der Waals surface area contributed by atoms with Crippen molar-refractivity contribution in [3.05, 3.63) is 49.3 Å². The molecule has 8 heteroatoms. The van der Waals surface area contributed by atoms with E-state index in [0.717, 1.165) is 10.8 Å². The van der Waals surface area contributed by atoms with Crippen molar-refractivity contribution in [1.82, 2.24) is 9.55 Å². The van der Waals surface area contributed by atoms with Gasteiger partial charge in [0.05, 0.1) is 11.1 Å². The van der Waals surface area contributed by atoms with Crippen LogP contribution in [0.4, 0.5) is 5.69 Å². The second-order valence-corrected chi connectivity index (χ2v) is 3.38. The Morgan fingerprint density at radius 2 is 2.25 bits per heavy atom. The van der Waals surface area contributed by atoms with Crippen LogP contribution in [-0.4, -0.2) is 20.2 Å². The highest BCUT2D eigenvalue weighted by atomic mass is 32.1. The summed E-state index contributed by atoms with van der Waals surface area (Å²) in [5.74, 6) is 0.347.